The molecule has 0 bridgehead atoms. The summed E-state index contributed by atoms with van der Waals surface area (Å²) in [6.07, 6.45) is 1.89. The molecule has 2 rings (SSSR count). The van der Waals surface area contributed by atoms with Crippen molar-refractivity contribution in [1.29, 1.82) is 0 Å². The highest BCUT2D eigenvalue weighted by Crippen LogP contribution is 2.05. The third-order valence-electron chi connectivity index (χ3n) is 2.57. The molecule has 0 unspecified atom stereocenters. The molecular formula is C14H15NO. The Balaban J connectivity index is 2.34. The molecule has 0 aliphatic heterocycles. The zero-order valence-electron chi connectivity index (χ0n) is 9.60. The Morgan fingerprint density at radius 3 is 2.62 bits per heavy atom. The fourth-order valence-electron chi connectivity index (χ4n) is 1.78. The van der Waals surface area contributed by atoms with Gasteiger partial charge in [-0.25, -0.2) is 0 Å². The third kappa shape index (κ3) is 2.40. The first-order chi connectivity index (χ1) is 7.65. The molecule has 0 aliphatic carbocycles. The van der Waals surface area contributed by atoms with Crippen molar-refractivity contribution in [2.24, 2.45) is 0 Å². The second-order valence-electron chi connectivity index (χ2n) is 4.16. The van der Waals surface area contributed by atoms with Gasteiger partial charge in [-0.2, -0.15) is 0 Å². The standard InChI is InChI=1S/C14H15NO/c1-11-4-3-5-13(8-11)10-15-9-12(2)6-7-14(15)16/h3-9H,10H2,1-2H3. The van der Waals surface area contributed by atoms with E-state index in [1.807, 2.05) is 31.3 Å². The average Bonchev–Trinajstić information content (AvgIpc) is 2.24. The van der Waals surface area contributed by atoms with Gasteiger partial charge in [0.05, 0.1) is 6.54 Å². The number of rotatable bonds is 2. The van der Waals surface area contributed by atoms with E-state index in [0.717, 1.165) is 11.1 Å². The van der Waals surface area contributed by atoms with Crippen molar-refractivity contribution in [3.63, 3.8) is 0 Å². The Kier molecular flexibility index (Phi) is 2.91. The fraction of sp³-hybridized carbons (Fsp3) is 0.214. The minimum Gasteiger partial charge on any atom is -0.311 e. The molecule has 0 atom stereocenters. The van der Waals surface area contributed by atoms with E-state index in [-0.39, 0.29) is 5.56 Å². The predicted molar refractivity (Wildman–Crippen MR) is 65.7 cm³/mol. The van der Waals surface area contributed by atoms with Gasteiger partial charge in [0, 0.05) is 12.3 Å². The highest BCUT2D eigenvalue weighted by Gasteiger charge is 1.98. The first kappa shape index (κ1) is 10.7. The Hall–Kier alpha value is -1.83. The monoisotopic (exact) mass is 213 g/mol. The highest BCUT2D eigenvalue weighted by molar-refractivity contribution is 5.22. The highest BCUT2D eigenvalue weighted by atomic mass is 16.1. The van der Waals surface area contributed by atoms with Crippen LogP contribution in [0.3, 0.4) is 0 Å². The number of hydrogen-bond donors (Lipinski definition) is 0. The minimum atomic E-state index is 0.0482. The SMILES string of the molecule is Cc1cccc(Cn2cc(C)ccc2=O)c1. The normalized spacial score (nSPS) is 10.4. The van der Waals surface area contributed by atoms with Crippen LogP contribution < -0.4 is 5.56 Å². The van der Waals surface area contributed by atoms with Crippen LogP contribution in [-0.2, 0) is 6.54 Å². The molecule has 1 aromatic heterocycles. The molecule has 16 heavy (non-hydrogen) atoms. The van der Waals surface area contributed by atoms with Crippen molar-refractivity contribution in [2.45, 2.75) is 20.4 Å². The first-order valence-corrected chi connectivity index (χ1v) is 5.38. The van der Waals surface area contributed by atoms with Crippen LogP contribution in [0.25, 0.3) is 0 Å². The molecule has 0 aliphatic rings. The number of aryl methyl sites for hydroxylation is 2. The second kappa shape index (κ2) is 4.35. The molecule has 0 saturated heterocycles. The van der Waals surface area contributed by atoms with Crippen LogP contribution in [0.5, 0.6) is 0 Å². The Morgan fingerprint density at radius 1 is 1.06 bits per heavy atom. The molecule has 2 aromatic rings. The molecule has 0 saturated carbocycles. The van der Waals surface area contributed by atoms with Gasteiger partial charge in [0.1, 0.15) is 0 Å². The molecule has 0 radical (unpaired) electrons. The molecule has 82 valence electrons. The summed E-state index contributed by atoms with van der Waals surface area (Å²) in [4.78, 5) is 11.6. The van der Waals surface area contributed by atoms with Crippen molar-refractivity contribution < 1.29 is 0 Å². The van der Waals surface area contributed by atoms with E-state index in [0.29, 0.717) is 6.54 Å². The smallest absolute Gasteiger partial charge is 0.250 e. The van der Waals surface area contributed by atoms with Gasteiger partial charge in [0.2, 0.25) is 0 Å². The lowest BCUT2D eigenvalue weighted by molar-refractivity contribution is 0.754. The lowest BCUT2D eigenvalue weighted by Crippen LogP contribution is -2.19. The summed E-state index contributed by atoms with van der Waals surface area (Å²) in [6.45, 7) is 4.69. The lowest BCUT2D eigenvalue weighted by atomic mass is 10.1. The molecule has 1 aromatic carbocycles. The van der Waals surface area contributed by atoms with Crippen molar-refractivity contribution >= 4 is 0 Å². The Bertz CT molecular complexity index is 555. The van der Waals surface area contributed by atoms with Gasteiger partial charge in [0.15, 0.2) is 0 Å². The van der Waals surface area contributed by atoms with Gasteiger partial charge in [-0.15, -0.1) is 0 Å². The third-order valence-corrected chi connectivity index (χ3v) is 2.57. The second-order valence-corrected chi connectivity index (χ2v) is 4.16. The van der Waals surface area contributed by atoms with Crippen LogP contribution in [0.4, 0.5) is 0 Å². The number of hydrogen-bond acceptors (Lipinski definition) is 1. The van der Waals surface area contributed by atoms with E-state index in [1.165, 1.54) is 5.56 Å². The van der Waals surface area contributed by atoms with Gasteiger partial charge >= 0.3 is 0 Å². The van der Waals surface area contributed by atoms with E-state index >= 15 is 0 Å². The molecule has 0 fully saturated rings. The van der Waals surface area contributed by atoms with Gasteiger partial charge < -0.3 is 4.57 Å². The predicted octanol–water partition coefficient (Wildman–Crippen LogP) is 2.51. The largest absolute Gasteiger partial charge is 0.311 e. The summed E-state index contributed by atoms with van der Waals surface area (Å²) in [5, 5.41) is 0. The van der Waals surface area contributed by atoms with E-state index < -0.39 is 0 Å². The van der Waals surface area contributed by atoms with Crippen molar-refractivity contribution in [3.05, 3.63) is 69.6 Å². The quantitative estimate of drug-likeness (QED) is 0.751. The summed E-state index contributed by atoms with van der Waals surface area (Å²) in [7, 11) is 0. The number of pyridine rings is 1. The number of benzene rings is 1. The average molecular weight is 213 g/mol. The summed E-state index contributed by atoms with van der Waals surface area (Å²) >= 11 is 0. The van der Waals surface area contributed by atoms with Gasteiger partial charge in [-0.3, -0.25) is 4.79 Å². The van der Waals surface area contributed by atoms with E-state index in [4.69, 9.17) is 0 Å². The number of aromatic nitrogens is 1. The Labute approximate surface area is 95.2 Å². The van der Waals surface area contributed by atoms with Gasteiger partial charge in [0.25, 0.3) is 5.56 Å². The zero-order chi connectivity index (χ0) is 11.5. The van der Waals surface area contributed by atoms with E-state index in [1.54, 1.807) is 10.6 Å². The van der Waals surface area contributed by atoms with E-state index in [9.17, 15) is 4.79 Å². The van der Waals surface area contributed by atoms with Crippen LogP contribution in [0.2, 0.25) is 0 Å². The summed E-state index contributed by atoms with van der Waals surface area (Å²) < 4.78 is 1.74. The topological polar surface area (TPSA) is 22.0 Å². The maximum absolute atomic E-state index is 11.6. The lowest BCUT2D eigenvalue weighted by Gasteiger charge is -2.07. The van der Waals surface area contributed by atoms with E-state index in [2.05, 4.69) is 19.1 Å². The number of nitrogens with zero attached hydrogens (tertiary/aromatic N) is 1. The maximum Gasteiger partial charge on any atom is 0.250 e. The van der Waals surface area contributed by atoms with Crippen LogP contribution in [0.1, 0.15) is 16.7 Å². The Morgan fingerprint density at radius 2 is 1.88 bits per heavy atom. The molecule has 0 spiro atoms. The molecule has 0 amide bonds. The van der Waals surface area contributed by atoms with Gasteiger partial charge in [-0.1, -0.05) is 35.9 Å². The van der Waals surface area contributed by atoms with Crippen LogP contribution in [0.15, 0.2) is 47.4 Å². The molecule has 0 N–H and O–H groups in total. The van der Waals surface area contributed by atoms with Crippen molar-refractivity contribution in [2.75, 3.05) is 0 Å². The molecule has 1 heterocycles. The zero-order valence-corrected chi connectivity index (χ0v) is 9.60. The van der Waals surface area contributed by atoms with Crippen molar-refractivity contribution in [1.82, 2.24) is 4.57 Å². The fourth-order valence-corrected chi connectivity index (χ4v) is 1.78. The van der Waals surface area contributed by atoms with Crippen molar-refractivity contribution in [3.8, 4) is 0 Å². The van der Waals surface area contributed by atoms with Crippen LogP contribution >= 0.6 is 0 Å². The van der Waals surface area contributed by atoms with Gasteiger partial charge in [-0.05, 0) is 25.0 Å². The molecular weight excluding hydrogens is 198 g/mol. The summed E-state index contributed by atoms with van der Waals surface area (Å²) in [5.74, 6) is 0. The first-order valence-electron chi connectivity index (χ1n) is 5.38. The summed E-state index contributed by atoms with van der Waals surface area (Å²) in [6, 6.07) is 11.7. The molecule has 2 nitrogen and oxygen atoms in total. The molecule has 2 heteroatoms. The minimum absolute atomic E-state index is 0.0482. The maximum atomic E-state index is 11.6. The van der Waals surface area contributed by atoms with Crippen LogP contribution in [-0.4, -0.2) is 4.57 Å². The van der Waals surface area contributed by atoms with Crippen LogP contribution in [0, 0.1) is 13.8 Å². The summed E-state index contributed by atoms with van der Waals surface area (Å²) in [5.41, 5.74) is 3.53.